The van der Waals surface area contributed by atoms with Gasteiger partial charge in [-0.2, -0.15) is 0 Å². The Labute approximate surface area is 119 Å². The standard InChI is InChI=1S/C18H18N2/c1-14-11-12-20(15(14)2)18-10-6-9-17(19-18)13-16-7-4-3-5-8-16/h3-12H,13H2,1-2H3. The maximum Gasteiger partial charge on any atom is 0.137 e. The predicted molar refractivity (Wildman–Crippen MR) is 82.3 cm³/mol. The third kappa shape index (κ3) is 2.50. The highest BCUT2D eigenvalue weighted by atomic mass is 15.1. The largest absolute Gasteiger partial charge is 0.306 e. The first-order valence-corrected chi connectivity index (χ1v) is 6.89. The van der Waals surface area contributed by atoms with E-state index in [4.69, 9.17) is 4.98 Å². The Morgan fingerprint density at radius 2 is 1.70 bits per heavy atom. The van der Waals surface area contributed by atoms with Crippen LogP contribution in [0.3, 0.4) is 0 Å². The zero-order valence-electron chi connectivity index (χ0n) is 11.9. The number of nitrogens with zero attached hydrogens (tertiary/aromatic N) is 2. The smallest absolute Gasteiger partial charge is 0.137 e. The van der Waals surface area contributed by atoms with E-state index in [1.807, 2.05) is 6.07 Å². The van der Waals surface area contributed by atoms with Crippen molar-refractivity contribution in [3.63, 3.8) is 0 Å². The molecule has 20 heavy (non-hydrogen) atoms. The Balaban J connectivity index is 1.92. The van der Waals surface area contributed by atoms with Crippen molar-refractivity contribution in [2.75, 3.05) is 0 Å². The third-order valence-electron chi connectivity index (χ3n) is 3.67. The second-order valence-corrected chi connectivity index (χ2v) is 5.10. The fourth-order valence-corrected chi connectivity index (χ4v) is 2.36. The van der Waals surface area contributed by atoms with Crippen LogP contribution in [0.15, 0.2) is 60.8 Å². The van der Waals surface area contributed by atoms with Crippen molar-refractivity contribution < 1.29 is 0 Å². The number of pyridine rings is 1. The molecular formula is C18H18N2. The van der Waals surface area contributed by atoms with Crippen molar-refractivity contribution in [1.82, 2.24) is 9.55 Å². The Hall–Kier alpha value is -2.35. The zero-order chi connectivity index (χ0) is 13.9. The SMILES string of the molecule is Cc1ccn(-c2cccc(Cc3ccccc3)n2)c1C. The molecule has 0 atom stereocenters. The number of hydrogen-bond donors (Lipinski definition) is 0. The van der Waals surface area contributed by atoms with Gasteiger partial charge >= 0.3 is 0 Å². The molecule has 0 saturated heterocycles. The van der Waals surface area contributed by atoms with Crippen molar-refractivity contribution in [2.45, 2.75) is 20.3 Å². The molecule has 0 radical (unpaired) electrons. The second kappa shape index (κ2) is 5.33. The Morgan fingerprint density at radius 3 is 2.40 bits per heavy atom. The molecule has 1 aromatic carbocycles. The molecule has 0 unspecified atom stereocenters. The molecule has 2 heteroatoms. The number of aryl methyl sites for hydroxylation is 1. The first-order chi connectivity index (χ1) is 9.74. The summed E-state index contributed by atoms with van der Waals surface area (Å²) in [6, 6.07) is 18.8. The van der Waals surface area contributed by atoms with Crippen LogP contribution in [0.5, 0.6) is 0 Å². The minimum atomic E-state index is 0.869. The van der Waals surface area contributed by atoms with Gasteiger partial charge in [-0.3, -0.25) is 0 Å². The quantitative estimate of drug-likeness (QED) is 0.695. The zero-order valence-corrected chi connectivity index (χ0v) is 11.9. The molecule has 0 spiro atoms. The summed E-state index contributed by atoms with van der Waals surface area (Å²) in [5, 5.41) is 0. The molecule has 100 valence electrons. The number of rotatable bonds is 3. The molecule has 2 nitrogen and oxygen atoms in total. The summed E-state index contributed by atoms with van der Waals surface area (Å²) < 4.78 is 2.14. The highest BCUT2D eigenvalue weighted by molar-refractivity contribution is 5.33. The van der Waals surface area contributed by atoms with Crippen molar-refractivity contribution in [3.8, 4) is 5.82 Å². The van der Waals surface area contributed by atoms with E-state index in [2.05, 4.69) is 73.1 Å². The van der Waals surface area contributed by atoms with Crippen LogP contribution in [-0.4, -0.2) is 9.55 Å². The summed E-state index contributed by atoms with van der Waals surface area (Å²) in [4.78, 5) is 4.78. The van der Waals surface area contributed by atoms with Crippen molar-refractivity contribution >= 4 is 0 Å². The molecule has 2 aromatic heterocycles. The highest BCUT2D eigenvalue weighted by Crippen LogP contribution is 2.15. The van der Waals surface area contributed by atoms with Gasteiger partial charge in [-0.1, -0.05) is 36.4 Å². The van der Waals surface area contributed by atoms with Crippen LogP contribution in [0, 0.1) is 13.8 Å². The molecule has 3 rings (SSSR count). The van der Waals surface area contributed by atoms with E-state index in [-0.39, 0.29) is 0 Å². The van der Waals surface area contributed by atoms with Crippen LogP contribution in [0.4, 0.5) is 0 Å². The van der Waals surface area contributed by atoms with E-state index < -0.39 is 0 Å². The van der Waals surface area contributed by atoms with E-state index >= 15 is 0 Å². The fraction of sp³-hybridized carbons (Fsp3) is 0.167. The van der Waals surface area contributed by atoms with Gasteiger partial charge in [-0.25, -0.2) is 4.98 Å². The molecule has 0 bridgehead atoms. The molecular weight excluding hydrogens is 244 g/mol. The van der Waals surface area contributed by atoms with E-state index in [9.17, 15) is 0 Å². The maximum atomic E-state index is 4.78. The molecule has 0 aliphatic heterocycles. The molecule has 0 aliphatic carbocycles. The lowest BCUT2D eigenvalue weighted by molar-refractivity contribution is 0.928. The van der Waals surface area contributed by atoms with Gasteiger partial charge in [-0.05, 0) is 43.2 Å². The molecule has 0 N–H and O–H groups in total. The van der Waals surface area contributed by atoms with Gasteiger partial charge in [0.25, 0.3) is 0 Å². The third-order valence-corrected chi connectivity index (χ3v) is 3.67. The van der Waals surface area contributed by atoms with Gasteiger partial charge in [0.05, 0.1) is 0 Å². The van der Waals surface area contributed by atoms with Crippen molar-refractivity contribution in [1.29, 1.82) is 0 Å². The number of hydrogen-bond acceptors (Lipinski definition) is 1. The maximum absolute atomic E-state index is 4.78. The van der Waals surface area contributed by atoms with Crippen molar-refractivity contribution in [3.05, 3.63) is 83.3 Å². The molecule has 3 aromatic rings. The average molecular weight is 262 g/mol. The predicted octanol–water partition coefficient (Wildman–Crippen LogP) is 4.08. The molecule has 2 heterocycles. The summed E-state index contributed by atoms with van der Waals surface area (Å²) >= 11 is 0. The number of benzene rings is 1. The second-order valence-electron chi connectivity index (χ2n) is 5.10. The van der Waals surface area contributed by atoms with E-state index in [0.29, 0.717) is 0 Å². The van der Waals surface area contributed by atoms with Crippen LogP contribution >= 0.6 is 0 Å². The summed E-state index contributed by atoms with van der Waals surface area (Å²) in [5.41, 5.74) is 4.92. The fourth-order valence-electron chi connectivity index (χ4n) is 2.36. The minimum absolute atomic E-state index is 0.869. The monoisotopic (exact) mass is 262 g/mol. The van der Waals surface area contributed by atoms with Crippen LogP contribution in [0.2, 0.25) is 0 Å². The van der Waals surface area contributed by atoms with Crippen LogP contribution in [0.1, 0.15) is 22.5 Å². The highest BCUT2D eigenvalue weighted by Gasteiger charge is 2.05. The summed E-state index contributed by atoms with van der Waals surface area (Å²) in [7, 11) is 0. The molecule has 0 amide bonds. The Bertz CT molecular complexity index is 711. The Kier molecular flexibility index (Phi) is 3.38. The van der Waals surface area contributed by atoms with Crippen LogP contribution < -0.4 is 0 Å². The summed E-state index contributed by atoms with van der Waals surface area (Å²) in [6.45, 7) is 4.25. The first-order valence-electron chi connectivity index (χ1n) is 6.89. The van der Waals surface area contributed by atoms with Crippen LogP contribution in [0.25, 0.3) is 5.82 Å². The lowest BCUT2D eigenvalue weighted by Gasteiger charge is -2.08. The molecule has 0 saturated carbocycles. The summed E-state index contributed by atoms with van der Waals surface area (Å²) in [5.74, 6) is 0.990. The van der Waals surface area contributed by atoms with E-state index in [1.165, 1.54) is 16.8 Å². The summed E-state index contributed by atoms with van der Waals surface area (Å²) in [6.07, 6.45) is 2.95. The van der Waals surface area contributed by atoms with Gasteiger partial charge in [0.15, 0.2) is 0 Å². The van der Waals surface area contributed by atoms with Gasteiger partial charge in [0, 0.05) is 24.0 Å². The van der Waals surface area contributed by atoms with E-state index in [1.54, 1.807) is 0 Å². The van der Waals surface area contributed by atoms with Gasteiger partial charge in [0.2, 0.25) is 0 Å². The van der Waals surface area contributed by atoms with Gasteiger partial charge < -0.3 is 4.57 Å². The van der Waals surface area contributed by atoms with Crippen molar-refractivity contribution in [2.24, 2.45) is 0 Å². The van der Waals surface area contributed by atoms with Gasteiger partial charge in [-0.15, -0.1) is 0 Å². The average Bonchev–Trinajstić information content (AvgIpc) is 2.80. The molecule has 0 fully saturated rings. The molecule has 0 aliphatic rings. The van der Waals surface area contributed by atoms with Gasteiger partial charge in [0.1, 0.15) is 5.82 Å². The van der Waals surface area contributed by atoms with E-state index in [0.717, 1.165) is 17.9 Å². The minimum Gasteiger partial charge on any atom is -0.306 e. The van der Waals surface area contributed by atoms with Crippen LogP contribution in [-0.2, 0) is 6.42 Å². The topological polar surface area (TPSA) is 17.8 Å². The lowest BCUT2D eigenvalue weighted by atomic mass is 10.1. The number of aromatic nitrogens is 2. The lowest BCUT2D eigenvalue weighted by Crippen LogP contribution is -2.01. The first kappa shape index (κ1) is 12.7. The Morgan fingerprint density at radius 1 is 0.900 bits per heavy atom. The normalized spacial score (nSPS) is 10.7.